The number of carbonyl (C=O) groups excluding carboxylic acids is 1. The molecule has 0 saturated carbocycles. The molecule has 1 aromatic heterocycles. The van der Waals surface area contributed by atoms with Gasteiger partial charge in [-0.1, -0.05) is 50.6 Å². The number of rotatable bonds is 14. The number of aromatic nitrogens is 2. The van der Waals surface area contributed by atoms with E-state index < -0.39 is 0 Å². The number of nitrogens with one attached hydrogen (secondary N) is 1. The number of ether oxygens (including phenoxy) is 1. The first kappa shape index (κ1) is 26.5. The van der Waals surface area contributed by atoms with Crippen LogP contribution in [0.1, 0.15) is 75.7 Å². The Balaban J connectivity index is 1.50. The predicted molar refractivity (Wildman–Crippen MR) is 145 cm³/mol. The monoisotopic (exact) mass is 475 g/mol. The number of allylic oxidation sites excluding steroid dienone is 1. The lowest BCUT2D eigenvalue weighted by molar-refractivity contribution is -0.116. The average molecular weight is 476 g/mol. The second-order valence-corrected chi connectivity index (χ2v) is 9.52. The summed E-state index contributed by atoms with van der Waals surface area (Å²) in [5.74, 6) is 2.62. The SMILES string of the molecule is C/C=C/C(=O)NCCCCCc1nc2ccccc2n1CCCCOc1cc(C)ccc1C(C)C. The van der Waals surface area contributed by atoms with E-state index in [9.17, 15) is 4.79 Å². The highest BCUT2D eigenvalue weighted by molar-refractivity contribution is 5.87. The smallest absolute Gasteiger partial charge is 0.243 e. The summed E-state index contributed by atoms with van der Waals surface area (Å²) in [6.07, 6.45) is 9.46. The number of hydrogen-bond acceptors (Lipinski definition) is 3. The van der Waals surface area contributed by atoms with Crippen molar-refractivity contribution in [3.05, 3.63) is 71.6 Å². The summed E-state index contributed by atoms with van der Waals surface area (Å²) in [4.78, 5) is 16.4. The fraction of sp³-hybridized carbons (Fsp3) is 0.467. The van der Waals surface area contributed by atoms with Crippen molar-refractivity contribution < 1.29 is 9.53 Å². The molecule has 0 aliphatic carbocycles. The van der Waals surface area contributed by atoms with Crippen LogP contribution in [0.2, 0.25) is 0 Å². The van der Waals surface area contributed by atoms with E-state index in [0.29, 0.717) is 5.92 Å². The molecule has 0 aliphatic heterocycles. The summed E-state index contributed by atoms with van der Waals surface area (Å²) < 4.78 is 8.58. The van der Waals surface area contributed by atoms with Crippen molar-refractivity contribution in [2.75, 3.05) is 13.2 Å². The van der Waals surface area contributed by atoms with Gasteiger partial charge in [0.25, 0.3) is 0 Å². The summed E-state index contributed by atoms with van der Waals surface area (Å²) in [5.41, 5.74) is 4.79. The summed E-state index contributed by atoms with van der Waals surface area (Å²) >= 11 is 0. The Kier molecular flexibility index (Phi) is 10.4. The first-order chi connectivity index (χ1) is 17.0. The molecule has 5 nitrogen and oxygen atoms in total. The largest absolute Gasteiger partial charge is 0.493 e. The zero-order valence-electron chi connectivity index (χ0n) is 21.8. The lowest BCUT2D eigenvalue weighted by Gasteiger charge is -2.15. The van der Waals surface area contributed by atoms with Gasteiger partial charge in [-0.2, -0.15) is 0 Å². The molecule has 0 atom stereocenters. The number of amides is 1. The molecule has 3 aromatic rings. The van der Waals surface area contributed by atoms with Crippen molar-refractivity contribution in [2.24, 2.45) is 0 Å². The van der Waals surface area contributed by atoms with Crippen LogP contribution < -0.4 is 10.1 Å². The van der Waals surface area contributed by atoms with Crippen molar-refractivity contribution in [1.29, 1.82) is 0 Å². The summed E-state index contributed by atoms with van der Waals surface area (Å²) in [6.45, 7) is 10.8. The van der Waals surface area contributed by atoms with Crippen LogP contribution in [0.4, 0.5) is 0 Å². The fourth-order valence-electron chi connectivity index (χ4n) is 4.37. The highest BCUT2D eigenvalue weighted by Gasteiger charge is 2.11. The van der Waals surface area contributed by atoms with E-state index in [-0.39, 0.29) is 5.91 Å². The van der Waals surface area contributed by atoms with Crippen molar-refractivity contribution in [2.45, 2.75) is 78.7 Å². The van der Waals surface area contributed by atoms with Gasteiger partial charge in [-0.15, -0.1) is 0 Å². The molecule has 1 N–H and O–H groups in total. The Bertz CT molecular complexity index is 1110. The molecular formula is C30H41N3O2. The van der Waals surface area contributed by atoms with Gasteiger partial charge in [0.1, 0.15) is 11.6 Å². The molecule has 0 saturated heterocycles. The van der Waals surface area contributed by atoms with Gasteiger partial charge in [0.2, 0.25) is 5.91 Å². The van der Waals surface area contributed by atoms with Crippen LogP contribution in [0, 0.1) is 6.92 Å². The second kappa shape index (κ2) is 13.7. The first-order valence-corrected chi connectivity index (χ1v) is 13.1. The third-order valence-electron chi connectivity index (χ3n) is 6.25. The molecule has 0 spiro atoms. The van der Waals surface area contributed by atoms with Crippen molar-refractivity contribution in [1.82, 2.24) is 14.9 Å². The molecule has 0 radical (unpaired) electrons. The van der Waals surface area contributed by atoms with Crippen LogP contribution in [0.5, 0.6) is 5.75 Å². The number of benzene rings is 2. The Morgan fingerprint density at radius 2 is 1.91 bits per heavy atom. The van der Waals surface area contributed by atoms with Gasteiger partial charge in [-0.3, -0.25) is 4.79 Å². The van der Waals surface area contributed by atoms with Crippen molar-refractivity contribution in [3.63, 3.8) is 0 Å². The van der Waals surface area contributed by atoms with Gasteiger partial charge in [-0.05, 0) is 80.9 Å². The summed E-state index contributed by atoms with van der Waals surface area (Å²) in [7, 11) is 0. The molecular weight excluding hydrogens is 434 g/mol. The van der Waals surface area contributed by atoms with Crippen LogP contribution in [-0.4, -0.2) is 28.6 Å². The minimum Gasteiger partial charge on any atom is -0.493 e. The van der Waals surface area contributed by atoms with E-state index >= 15 is 0 Å². The normalized spacial score (nSPS) is 11.6. The highest BCUT2D eigenvalue weighted by atomic mass is 16.5. The molecule has 188 valence electrons. The van der Waals surface area contributed by atoms with Gasteiger partial charge < -0.3 is 14.6 Å². The minimum absolute atomic E-state index is 0.0129. The molecule has 3 rings (SSSR count). The fourth-order valence-corrected chi connectivity index (χ4v) is 4.37. The number of carbonyl (C=O) groups is 1. The molecule has 0 fully saturated rings. The molecule has 0 bridgehead atoms. The Hall–Kier alpha value is -3.08. The molecule has 35 heavy (non-hydrogen) atoms. The molecule has 1 amide bonds. The van der Waals surface area contributed by atoms with E-state index in [1.54, 1.807) is 12.2 Å². The van der Waals surface area contributed by atoms with Crippen LogP contribution in [0.15, 0.2) is 54.6 Å². The lowest BCUT2D eigenvalue weighted by Crippen LogP contribution is -2.21. The molecule has 2 aromatic carbocycles. The Morgan fingerprint density at radius 1 is 1.09 bits per heavy atom. The maximum Gasteiger partial charge on any atom is 0.243 e. The second-order valence-electron chi connectivity index (χ2n) is 9.52. The van der Waals surface area contributed by atoms with Crippen LogP contribution in [0.25, 0.3) is 11.0 Å². The highest BCUT2D eigenvalue weighted by Crippen LogP contribution is 2.27. The van der Waals surface area contributed by atoms with E-state index in [2.05, 4.69) is 73.1 Å². The zero-order chi connectivity index (χ0) is 25.0. The van der Waals surface area contributed by atoms with Crippen molar-refractivity contribution in [3.8, 4) is 5.75 Å². The number of imidazole rings is 1. The molecule has 0 aliphatic rings. The van der Waals surface area contributed by atoms with Gasteiger partial charge in [0.05, 0.1) is 17.6 Å². The third kappa shape index (κ3) is 7.98. The van der Waals surface area contributed by atoms with Gasteiger partial charge >= 0.3 is 0 Å². The van der Waals surface area contributed by atoms with Gasteiger partial charge in [0, 0.05) is 19.5 Å². The Morgan fingerprint density at radius 3 is 2.71 bits per heavy atom. The first-order valence-electron chi connectivity index (χ1n) is 13.1. The van der Waals surface area contributed by atoms with Gasteiger partial charge in [0.15, 0.2) is 0 Å². The van der Waals surface area contributed by atoms with Crippen LogP contribution in [0.3, 0.4) is 0 Å². The number of aryl methyl sites for hydroxylation is 3. The van der Waals surface area contributed by atoms with Crippen LogP contribution in [-0.2, 0) is 17.8 Å². The number of para-hydroxylation sites is 2. The maximum atomic E-state index is 11.5. The quantitative estimate of drug-likeness (QED) is 0.208. The van der Waals surface area contributed by atoms with Gasteiger partial charge in [-0.25, -0.2) is 4.98 Å². The van der Waals surface area contributed by atoms with E-state index in [4.69, 9.17) is 9.72 Å². The maximum absolute atomic E-state index is 11.5. The van der Waals surface area contributed by atoms with E-state index in [1.165, 1.54) is 16.6 Å². The number of nitrogens with zero attached hydrogens (tertiary/aromatic N) is 2. The summed E-state index contributed by atoms with van der Waals surface area (Å²) in [6, 6.07) is 14.9. The molecule has 0 unspecified atom stereocenters. The number of fused-ring (bicyclic) bond motifs is 1. The minimum atomic E-state index is -0.0129. The van der Waals surface area contributed by atoms with E-state index in [0.717, 1.165) is 75.3 Å². The summed E-state index contributed by atoms with van der Waals surface area (Å²) in [5, 5.41) is 2.92. The zero-order valence-corrected chi connectivity index (χ0v) is 21.8. The van der Waals surface area contributed by atoms with E-state index in [1.807, 2.05) is 6.92 Å². The van der Waals surface area contributed by atoms with Crippen LogP contribution >= 0.6 is 0 Å². The topological polar surface area (TPSA) is 56.2 Å². The lowest BCUT2D eigenvalue weighted by atomic mass is 10.0. The number of hydrogen-bond donors (Lipinski definition) is 1. The molecule has 1 heterocycles. The Labute approximate surface area is 210 Å². The molecule has 5 heteroatoms. The third-order valence-corrected chi connectivity index (χ3v) is 6.25. The number of unbranched alkanes of at least 4 members (excludes halogenated alkanes) is 3. The van der Waals surface area contributed by atoms with Crippen molar-refractivity contribution >= 4 is 16.9 Å². The standard InChI is InChI=1S/C30H41N3O2/c1-5-13-30(34)31-19-10-6-7-16-29-32-26-14-8-9-15-27(26)33(29)20-11-12-21-35-28-22-24(4)17-18-25(28)23(2)3/h5,8-9,13-15,17-18,22-23H,6-7,10-12,16,19-21H2,1-4H3,(H,31,34)/b13-5+. The predicted octanol–water partition coefficient (Wildman–Crippen LogP) is 6.73. The average Bonchev–Trinajstić information content (AvgIpc) is 3.18.